The Morgan fingerprint density at radius 3 is 2.79 bits per heavy atom. The number of imidazole rings is 1. The number of anilines is 2. The number of rotatable bonds is 2. The van der Waals surface area contributed by atoms with Crippen LogP contribution in [0.25, 0.3) is 11.2 Å². The highest BCUT2D eigenvalue weighted by molar-refractivity contribution is 5.83. The molecular weight excluding hydrogens is 240 g/mol. The monoisotopic (exact) mass is 258 g/mol. The van der Waals surface area contributed by atoms with Gasteiger partial charge in [-0.05, 0) is 31.1 Å². The predicted molar refractivity (Wildman–Crippen MR) is 73.6 cm³/mol. The van der Waals surface area contributed by atoms with Crippen molar-refractivity contribution in [3.05, 3.63) is 6.33 Å². The van der Waals surface area contributed by atoms with Crippen molar-refractivity contribution in [2.24, 2.45) is 11.8 Å². The lowest BCUT2D eigenvalue weighted by Gasteiger charge is -2.42. The zero-order valence-corrected chi connectivity index (χ0v) is 10.8. The Balaban J connectivity index is 1.66. The summed E-state index contributed by atoms with van der Waals surface area (Å²) >= 11 is 0. The van der Waals surface area contributed by atoms with Gasteiger partial charge in [-0.2, -0.15) is 9.97 Å². The van der Waals surface area contributed by atoms with Crippen LogP contribution in [0.5, 0.6) is 0 Å². The maximum atomic E-state index is 5.75. The van der Waals surface area contributed by atoms with Gasteiger partial charge in [0.05, 0.1) is 6.33 Å². The van der Waals surface area contributed by atoms with E-state index in [1.54, 1.807) is 6.33 Å². The second-order valence-electron chi connectivity index (χ2n) is 5.80. The van der Waals surface area contributed by atoms with Gasteiger partial charge in [0.15, 0.2) is 11.5 Å². The van der Waals surface area contributed by atoms with Gasteiger partial charge in [0, 0.05) is 6.04 Å². The average Bonchev–Trinajstić information content (AvgIpc) is 2.88. The Morgan fingerprint density at radius 2 is 2.05 bits per heavy atom. The van der Waals surface area contributed by atoms with Crippen molar-refractivity contribution in [3.63, 3.8) is 0 Å². The molecule has 3 aliphatic rings. The summed E-state index contributed by atoms with van der Waals surface area (Å²) in [5.41, 5.74) is 7.25. The standard InChI is InChI=1S/C13H18N6/c14-13-18-11-10(15-6-16-11)12(19-13)17-9-5-7-1-3-8(9)4-2-7/h6-9H,1-5H2,(H4,14,15,16,17,18,19). The predicted octanol–water partition coefficient (Wildman–Crippen LogP) is 1.93. The van der Waals surface area contributed by atoms with Crippen molar-refractivity contribution in [1.82, 2.24) is 19.9 Å². The molecule has 0 aliphatic heterocycles. The summed E-state index contributed by atoms with van der Waals surface area (Å²) in [5.74, 6) is 2.73. The largest absolute Gasteiger partial charge is 0.368 e. The van der Waals surface area contributed by atoms with Gasteiger partial charge in [-0.1, -0.05) is 12.8 Å². The van der Waals surface area contributed by atoms with Crippen molar-refractivity contribution < 1.29 is 0 Å². The lowest BCUT2D eigenvalue weighted by molar-refractivity contribution is 0.157. The fourth-order valence-electron chi connectivity index (χ4n) is 3.68. The smallest absolute Gasteiger partial charge is 0.224 e. The van der Waals surface area contributed by atoms with Crippen molar-refractivity contribution in [3.8, 4) is 0 Å². The van der Waals surface area contributed by atoms with Crippen LogP contribution in [0.4, 0.5) is 11.8 Å². The molecule has 3 fully saturated rings. The minimum atomic E-state index is 0.292. The zero-order chi connectivity index (χ0) is 12.8. The quantitative estimate of drug-likeness (QED) is 0.765. The minimum absolute atomic E-state index is 0.292. The van der Waals surface area contributed by atoms with Crippen LogP contribution >= 0.6 is 0 Å². The van der Waals surface area contributed by atoms with E-state index in [0.717, 1.165) is 23.2 Å². The second kappa shape index (κ2) is 4.08. The van der Waals surface area contributed by atoms with E-state index in [1.165, 1.54) is 32.1 Å². The van der Waals surface area contributed by atoms with Gasteiger partial charge in [-0.25, -0.2) is 4.98 Å². The van der Waals surface area contributed by atoms with E-state index in [0.29, 0.717) is 17.6 Å². The number of nitrogens with one attached hydrogen (secondary N) is 2. The maximum Gasteiger partial charge on any atom is 0.224 e. The highest BCUT2D eigenvalue weighted by Gasteiger charge is 2.35. The van der Waals surface area contributed by atoms with Crippen LogP contribution in [-0.4, -0.2) is 26.0 Å². The van der Waals surface area contributed by atoms with E-state index < -0.39 is 0 Å². The molecule has 2 aromatic heterocycles. The van der Waals surface area contributed by atoms with E-state index >= 15 is 0 Å². The molecule has 5 rings (SSSR count). The molecule has 6 heteroatoms. The first-order valence-electron chi connectivity index (χ1n) is 7.03. The number of hydrogen-bond donors (Lipinski definition) is 3. The molecule has 19 heavy (non-hydrogen) atoms. The molecule has 0 amide bonds. The first-order chi connectivity index (χ1) is 9.29. The SMILES string of the molecule is Nc1nc(NC2CC3CCC2CC3)c2nc[nH]c2n1. The van der Waals surface area contributed by atoms with Crippen LogP contribution in [-0.2, 0) is 0 Å². The van der Waals surface area contributed by atoms with E-state index in [4.69, 9.17) is 5.73 Å². The molecule has 0 saturated heterocycles. The summed E-state index contributed by atoms with van der Waals surface area (Å²) in [7, 11) is 0. The third kappa shape index (κ3) is 1.82. The molecule has 1 atom stereocenters. The van der Waals surface area contributed by atoms with Gasteiger partial charge in [-0.3, -0.25) is 0 Å². The third-order valence-electron chi connectivity index (χ3n) is 4.67. The molecular formula is C13H18N6. The molecule has 3 saturated carbocycles. The van der Waals surface area contributed by atoms with Gasteiger partial charge in [0.25, 0.3) is 0 Å². The molecule has 4 N–H and O–H groups in total. The van der Waals surface area contributed by atoms with Gasteiger partial charge in [0.1, 0.15) is 5.52 Å². The lowest BCUT2D eigenvalue weighted by Crippen LogP contribution is -2.40. The molecule has 6 nitrogen and oxygen atoms in total. The fraction of sp³-hybridized carbons (Fsp3) is 0.615. The summed E-state index contributed by atoms with van der Waals surface area (Å²) < 4.78 is 0. The Kier molecular flexibility index (Phi) is 2.36. The Morgan fingerprint density at radius 1 is 1.21 bits per heavy atom. The number of aromatic amines is 1. The van der Waals surface area contributed by atoms with Gasteiger partial charge in [-0.15, -0.1) is 0 Å². The molecule has 100 valence electrons. The van der Waals surface area contributed by atoms with Gasteiger partial charge in [0.2, 0.25) is 5.95 Å². The molecule has 0 aromatic carbocycles. The minimum Gasteiger partial charge on any atom is -0.368 e. The van der Waals surface area contributed by atoms with E-state index in [1.807, 2.05) is 0 Å². The lowest BCUT2D eigenvalue weighted by atomic mass is 9.68. The highest BCUT2D eigenvalue weighted by Crippen LogP contribution is 2.42. The van der Waals surface area contributed by atoms with Crippen LogP contribution < -0.4 is 11.1 Å². The number of nitrogen functional groups attached to an aromatic ring is 1. The van der Waals surface area contributed by atoms with Gasteiger partial charge < -0.3 is 16.0 Å². The van der Waals surface area contributed by atoms with E-state index in [2.05, 4.69) is 25.3 Å². The molecule has 3 aliphatic carbocycles. The Bertz CT molecular complexity index is 598. The van der Waals surface area contributed by atoms with E-state index in [9.17, 15) is 0 Å². The maximum absolute atomic E-state index is 5.75. The number of H-pyrrole nitrogens is 1. The molecule has 0 spiro atoms. The zero-order valence-electron chi connectivity index (χ0n) is 10.8. The number of nitrogens with two attached hydrogens (primary N) is 1. The summed E-state index contributed by atoms with van der Waals surface area (Å²) in [6.07, 6.45) is 8.36. The summed E-state index contributed by atoms with van der Waals surface area (Å²) in [5, 5.41) is 3.57. The fourth-order valence-corrected chi connectivity index (χ4v) is 3.68. The molecule has 2 aromatic rings. The molecule has 2 heterocycles. The Hall–Kier alpha value is -1.85. The van der Waals surface area contributed by atoms with Crippen molar-refractivity contribution in [1.29, 1.82) is 0 Å². The molecule has 0 radical (unpaired) electrons. The first kappa shape index (κ1) is 11.0. The van der Waals surface area contributed by atoms with Crippen LogP contribution in [0.15, 0.2) is 6.33 Å². The van der Waals surface area contributed by atoms with Crippen LogP contribution in [0.2, 0.25) is 0 Å². The summed E-state index contributed by atoms with van der Waals surface area (Å²) in [6.45, 7) is 0. The van der Waals surface area contributed by atoms with Gasteiger partial charge >= 0.3 is 0 Å². The third-order valence-corrected chi connectivity index (χ3v) is 4.67. The number of hydrogen-bond acceptors (Lipinski definition) is 5. The van der Waals surface area contributed by atoms with Crippen LogP contribution in [0.1, 0.15) is 32.1 Å². The Labute approximate surface area is 111 Å². The van der Waals surface area contributed by atoms with Crippen molar-refractivity contribution >= 4 is 22.9 Å². The molecule has 2 bridgehead atoms. The average molecular weight is 258 g/mol. The number of nitrogens with zero attached hydrogens (tertiary/aromatic N) is 3. The highest BCUT2D eigenvalue weighted by atomic mass is 15.1. The van der Waals surface area contributed by atoms with Crippen LogP contribution in [0, 0.1) is 11.8 Å². The molecule has 1 unspecified atom stereocenters. The second-order valence-corrected chi connectivity index (χ2v) is 5.80. The first-order valence-corrected chi connectivity index (χ1v) is 7.03. The number of fused-ring (bicyclic) bond motifs is 4. The number of aromatic nitrogens is 4. The summed E-state index contributed by atoms with van der Waals surface area (Å²) in [6, 6.07) is 0.515. The van der Waals surface area contributed by atoms with Crippen molar-refractivity contribution in [2.75, 3.05) is 11.1 Å². The van der Waals surface area contributed by atoms with Crippen LogP contribution in [0.3, 0.4) is 0 Å². The topological polar surface area (TPSA) is 92.5 Å². The normalized spacial score (nSPS) is 29.8. The van der Waals surface area contributed by atoms with Crippen molar-refractivity contribution in [2.45, 2.75) is 38.1 Å². The van der Waals surface area contributed by atoms with E-state index in [-0.39, 0.29) is 0 Å². The summed E-state index contributed by atoms with van der Waals surface area (Å²) in [4.78, 5) is 15.7.